The lowest BCUT2D eigenvalue weighted by atomic mass is 10.1. The van der Waals surface area contributed by atoms with Gasteiger partial charge in [0.05, 0.1) is 29.1 Å². The SMILES string of the molecule is CCOC/C(N)=C/N(N)c1ccc(C(=O)NNC(=O)c2ccccc2C(F)(F)F)cc1. The van der Waals surface area contributed by atoms with Crippen LogP contribution in [0, 0.1) is 0 Å². The van der Waals surface area contributed by atoms with Crippen LogP contribution in [0.4, 0.5) is 18.9 Å². The molecular weight excluding hydrogens is 415 g/mol. The van der Waals surface area contributed by atoms with Crippen molar-refractivity contribution in [3.63, 3.8) is 0 Å². The van der Waals surface area contributed by atoms with Gasteiger partial charge < -0.3 is 10.5 Å². The highest BCUT2D eigenvalue weighted by atomic mass is 19.4. The monoisotopic (exact) mass is 437 g/mol. The number of rotatable bonds is 7. The third kappa shape index (κ3) is 6.73. The lowest BCUT2D eigenvalue weighted by molar-refractivity contribution is -0.137. The lowest BCUT2D eigenvalue weighted by Gasteiger charge is -2.16. The summed E-state index contributed by atoms with van der Waals surface area (Å²) in [4.78, 5) is 24.3. The van der Waals surface area contributed by atoms with Crippen molar-refractivity contribution in [2.75, 3.05) is 18.2 Å². The summed E-state index contributed by atoms with van der Waals surface area (Å²) in [5.74, 6) is 4.06. The largest absolute Gasteiger partial charge is 0.417 e. The van der Waals surface area contributed by atoms with E-state index in [4.69, 9.17) is 16.3 Å². The minimum atomic E-state index is -4.71. The molecule has 2 aromatic carbocycles. The summed E-state index contributed by atoms with van der Waals surface area (Å²) in [5.41, 5.74) is 9.17. The van der Waals surface area contributed by atoms with Gasteiger partial charge >= 0.3 is 6.18 Å². The molecule has 31 heavy (non-hydrogen) atoms. The van der Waals surface area contributed by atoms with Crippen molar-refractivity contribution in [1.82, 2.24) is 10.9 Å². The Labute approximate surface area is 176 Å². The van der Waals surface area contributed by atoms with E-state index in [2.05, 4.69) is 5.43 Å². The predicted molar refractivity (Wildman–Crippen MR) is 108 cm³/mol. The molecule has 0 aliphatic heterocycles. The molecule has 166 valence electrons. The van der Waals surface area contributed by atoms with E-state index < -0.39 is 29.1 Å². The first-order valence-electron chi connectivity index (χ1n) is 9.08. The number of hydrogen-bond donors (Lipinski definition) is 4. The summed E-state index contributed by atoms with van der Waals surface area (Å²) in [6.45, 7) is 2.54. The number of anilines is 1. The van der Waals surface area contributed by atoms with Crippen molar-refractivity contribution in [3.05, 3.63) is 77.1 Å². The van der Waals surface area contributed by atoms with E-state index in [1.54, 1.807) is 0 Å². The zero-order valence-electron chi connectivity index (χ0n) is 16.6. The van der Waals surface area contributed by atoms with Crippen molar-refractivity contribution in [2.24, 2.45) is 11.6 Å². The quantitative estimate of drug-likeness (QED) is 0.389. The van der Waals surface area contributed by atoms with Crippen LogP contribution in [0.1, 0.15) is 33.2 Å². The molecule has 0 aromatic heterocycles. The fraction of sp³-hybridized carbons (Fsp3) is 0.200. The second-order valence-corrected chi connectivity index (χ2v) is 6.25. The molecule has 0 saturated heterocycles. The number of nitrogens with two attached hydrogens (primary N) is 2. The van der Waals surface area contributed by atoms with Crippen LogP contribution < -0.4 is 27.4 Å². The minimum Gasteiger partial charge on any atom is -0.399 e. The minimum absolute atomic E-state index is 0.146. The molecule has 6 N–H and O–H groups in total. The van der Waals surface area contributed by atoms with Gasteiger partial charge in [0.25, 0.3) is 11.8 Å². The smallest absolute Gasteiger partial charge is 0.399 e. The van der Waals surface area contributed by atoms with Crippen molar-refractivity contribution in [2.45, 2.75) is 13.1 Å². The van der Waals surface area contributed by atoms with Crippen LogP contribution in [-0.4, -0.2) is 25.0 Å². The van der Waals surface area contributed by atoms with Crippen LogP contribution in [0.15, 0.2) is 60.4 Å². The van der Waals surface area contributed by atoms with Crippen molar-refractivity contribution >= 4 is 17.5 Å². The van der Waals surface area contributed by atoms with E-state index in [-0.39, 0.29) is 12.2 Å². The number of hydrazine groups is 2. The highest BCUT2D eigenvalue weighted by molar-refractivity contribution is 6.00. The summed E-state index contributed by atoms with van der Waals surface area (Å²) in [5, 5.41) is 1.24. The number of carbonyl (C=O) groups excluding carboxylic acids is 2. The molecule has 0 heterocycles. The molecule has 0 saturated carbocycles. The first kappa shape index (κ1) is 23.7. The average Bonchev–Trinajstić information content (AvgIpc) is 2.75. The van der Waals surface area contributed by atoms with Crippen molar-refractivity contribution in [1.29, 1.82) is 0 Å². The Hall–Kier alpha value is -3.57. The van der Waals surface area contributed by atoms with Crippen molar-refractivity contribution in [3.8, 4) is 0 Å². The molecule has 0 aliphatic carbocycles. The normalized spacial score (nSPS) is 11.7. The molecule has 11 heteroatoms. The van der Waals surface area contributed by atoms with Crippen molar-refractivity contribution < 1.29 is 27.5 Å². The van der Waals surface area contributed by atoms with E-state index >= 15 is 0 Å². The van der Waals surface area contributed by atoms with Gasteiger partial charge in [0, 0.05) is 18.4 Å². The van der Waals surface area contributed by atoms with Crippen LogP contribution in [-0.2, 0) is 10.9 Å². The first-order valence-corrected chi connectivity index (χ1v) is 9.08. The van der Waals surface area contributed by atoms with Gasteiger partial charge in [0.2, 0.25) is 0 Å². The van der Waals surface area contributed by atoms with Crippen LogP contribution in [0.3, 0.4) is 0 Å². The summed E-state index contributed by atoms with van der Waals surface area (Å²) < 4.78 is 44.2. The highest BCUT2D eigenvalue weighted by Crippen LogP contribution is 2.31. The maximum atomic E-state index is 13.0. The standard InChI is InChI=1S/C20H22F3N5O3/c1-2-31-12-14(24)11-28(25)15-9-7-13(8-10-15)18(29)26-27-19(30)16-5-3-4-6-17(16)20(21,22)23/h3-11H,2,12,24-25H2,1H3,(H,26,29)(H,27,30)/b14-11-. The number of halogens is 3. The Kier molecular flexibility index (Phi) is 8.00. The zero-order valence-corrected chi connectivity index (χ0v) is 16.6. The van der Waals surface area contributed by atoms with Gasteiger partial charge in [-0.15, -0.1) is 0 Å². The van der Waals surface area contributed by atoms with Gasteiger partial charge in [-0.1, -0.05) is 12.1 Å². The molecule has 0 aliphatic rings. The molecule has 0 bridgehead atoms. The first-order chi connectivity index (χ1) is 14.6. The Balaban J connectivity index is 2.00. The molecular formula is C20H22F3N5O3. The van der Waals surface area contributed by atoms with E-state index in [9.17, 15) is 22.8 Å². The molecule has 0 atom stereocenters. The maximum absolute atomic E-state index is 13.0. The molecule has 2 aromatic rings. The zero-order chi connectivity index (χ0) is 23.0. The third-order valence-corrected chi connectivity index (χ3v) is 3.97. The van der Waals surface area contributed by atoms with Gasteiger partial charge in [0.15, 0.2) is 0 Å². The molecule has 2 amide bonds. The van der Waals surface area contributed by atoms with Gasteiger partial charge in [-0.2, -0.15) is 13.2 Å². The fourth-order valence-electron chi connectivity index (χ4n) is 2.48. The molecule has 0 spiro atoms. The van der Waals surface area contributed by atoms with E-state index in [0.717, 1.165) is 12.1 Å². The second-order valence-electron chi connectivity index (χ2n) is 6.25. The number of hydrogen-bond acceptors (Lipinski definition) is 6. The molecule has 2 rings (SSSR count). The summed E-state index contributed by atoms with van der Waals surface area (Å²) >= 11 is 0. The van der Waals surface area contributed by atoms with Crippen LogP contribution in [0.25, 0.3) is 0 Å². The number of nitrogens with one attached hydrogen (secondary N) is 2. The predicted octanol–water partition coefficient (Wildman–Crippen LogP) is 2.30. The number of nitrogens with zero attached hydrogens (tertiary/aromatic N) is 1. The molecule has 0 unspecified atom stereocenters. The summed E-state index contributed by atoms with van der Waals surface area (Å²) in [7, 11) is 0. The second kappa shape index (κ2) is 10.5. The summed E-state index contributed by atoms with van der Waals surface area (Å²) in [6.07, 6.45) is -3.24. The Morgan fingerprint density at radius 3 is 2.29 bits per heavy atom. The average molecular weight is 437 g/mol. The van der Waals surface area contributed by atoms with Crippen LogP contribution in [0.2, 0.25) is 0 Å². The molecule has 0 fully saturated rings. The maximum Gasteiger partial charge on any atom is 0.417 e. The fourth-order valence-corrected chi connectivity index (χ4v) is 2.48. The number of amides is 2. The van der Waals surface area contributed by atoms with Crippen LogP contribution in [0.5, 0.6) is 0 Å². The van der Waals surface area contributed by atoms with Gasteiger partial charge in [0.1, 0.15) is 0 Å². The number of carbonyl (C=O) groups is 2. The Bertz CT molecular complexity index is 946. The lowest BCUT2D eigenvalue weighted by Crippen LogP contribution is -2.42. The number of benzene rings is 2. The van der Waals surface area contributed by atoms with E-state index in [0.29, 0.717) is 18.0 Å². The van der Waals surface area contributed by atoms with E-state index in [1.807, 2.05) is 12.3 Å². The Morgan fingerprint density at radius 2 is 1.68 bits per heavy atom. The number of ether oxygens (including phenoxy) is 1. The van der Waals surface area contributed by atoms with E-state index in [1.165, 1.54) is 47.6 Å². The number of alkyl halides is 3. The highest BCUT2D eigenvalue weighted by Gasteiger charge is 2.34. The van der Waals surface area contributed by atoms with Gasteiger partial charge in [-0.25, -0.2) is 5.84 Å². The van der Waals surface area contributed by atoms with Gasteiger partial charge in [-0.05, 0) is 43.3 Å². The van der Waals surface area contributed by atoms with Gasteiger partial charge in [-0.3, -0.25) is 25.4 Å². The molecule has 8 nitrogen and oxygen atoms in total. The Morgan fingerprint density at radius 1 is 1.06 bits per heavy atom. The topological polar surface area (TPSA) is 123 Å². The van der Waals surface area contributed by atoms with Crippen LogP contribution >= 0.6 is 0 Å². The third-order valence-electron chi connectivity index (χ3n) is 3.97. The summed E-state index contributed by atoms with van der Waals surface area (Å²) in [6, 6.07) is 10.2. The molecule has 0 radical (unpaired) electrons.